The minimum atomic E-state index is 0.697. The molecule has 0 aliphatic heterocycles. The summed E-state index contributed by atoms with van der Waals surface area (Å²) in [4.78, 5) is 5.44. The third-order valence-electron chi connectivity index (χ3n) is 3.59. The molecule has 1 saturated carbocycles. The molecule has 1 nitrogen and oxygen atoms in total. The van der Waals surface area contributed by atoms with E-state index in [4.69, 9.17) is 4.98 Å². The molecule has 2 atom stereocenters. The van der Waals surface area contributed by atoms with Crippen LogP contribution in [0.25, 0.3) is 10.2 Å². The van der Waals surface area contributed by atoms with E-state index < -0.39 is 0 Å². The highest BCUT2D eigenvalue weighted by molar-refractivity contribution is 9.09. The quantitative estimate of drug-likeness (QED) is 0.727. The van der Waals surface area contributed by atoms with Crippen LogP contribution in [0, 0.1) is 5.92 Å². The van der Waals surface area contributed by atoms with Crippen molar-refractivity contribution in [2.45, 2.75) is 36.9 Å². The second-order valence-electron chi connectivity index (χ2n) is 4.84. The van der Waals surface area contributed by atoms with Crippen molar-refractivity contribution in [1.82, 2.24) is 4.98 Å². The fourth-order valence-electron chi connectivity index (χ4n) is 2.62. The maximum atomic E-state index is 4.74. The van der Waals surface area contributed by atoms with Crippen LogP contribution in [0.5, 0.6) is 0 Å². The number of hydrogen-bond acceptors (Lipinski definition) is 2. The zero-order valence-corrected chi connectivity index (χ0v) is 12.1. The second kappa shape index (κ2) is 5.07. The lowest BCUT2D eigenvalue weighted by Gasteiger charge is -2.26. The monoisotopic (exact) mass is 309 g/mol. The van der Waals surface area contributed by atoms with Crippen molar-refractivity contribution in [1.29, 1.82) is 0 Å². The van der Waals surface area contributed by atoms with Crippen molar-refractivity contribution >= 4 is 37.5 Å². The van der Waals surface area contributed by atoms with Crippen LogP contribution in [-0.2, 0) is 6.42 Å². The van der Waals surface area contributed by atoms with E-state index in [2.05, 4.69) is 40.2 Å². The molecule has 1 aromatic heterocycles. The lowest BCUT2D eigenvalue weighted by Crippen LogP contribution is -2.21. The van der Waals surface area contributed by atoms with Gasteiger partial charge in [0.1, 0.15) is 0 Å². The van der Waals surface area contributed by atoms with Gasteiger partial charge in [0, 0.05) is 11.2 Å². The van der Waals surface area contributed by atoms with Crippen molar-refractivity contribution in [3.8, 4) is 0 Å². The molecule has 0 N–H and O–H groups in total. The smallest absolute Gasteiger partial charge is 0.0941 e. The molecule has 1 aliphatic rings. The fraction of sp³-hybridized carbons (Fsp3) is 0.500. The minimum Gasteiger partial charge on any atom is -0.241 e. The van der Waals surface area contributed by atoms with Gasteiger partial charge in [-0.05, 0) is 30.9 Å². The lowest BCUT2D eigenvalue weighted by molar-refractivity contribution is 0.373. The van der Waals surface area contributed by atoms with Gasteiger partial charge in [-0.3, -0.25) is 0 Å². The van der Waals surface area contributed by atoms with Gasteiger partial charge >= 0.3 is 0 Å². The fourth-order valence-corrected chi connectivity index (χ4v) is 4.46. The van der Waals surface area contributed by atoms with E-state index >= 15 is 0 Å². The summed E-state index contributed by atoms with van der Waals surface area (Å²) in [5.74, 6) is 0.782. The van der Waals surface area contributed by atoms with E-state index in [9.17, 15) is 0 Å². The summed E-state index contributed by atoms with van der Waals surface area (Å²) in [6.07, 6.45) is 6.60. The molecule has 2 unspecified atom stereocenters. The second-order valence-corrected chi connectivity index (χ2v) is 7.13. The summed E-state index contributed by atoms with van der Waals surface area (Å²) in [7, 11) is 0. The number of alkyl halides is 1. The maximum Gasteiger partial charge on any atom is 0.0941 e. The highest BCUT2D eigenvalue weighted by Gasteiger charge is 2.23. The van der Waals surface area contributed by atoms with Gasteiger partial charge in [0.25, 0.3) is 0 Å². The Labute approximate surface area is 114 Å². The zero-order valence-electron chi connectivity index (χ0n) is 9.73. The molecule has 0 bridgehead atoms. The molecule has 0 amide bonds. The average Bonchev–Trinajstić information content (AvgIpc) is 2.74. The predicted molar refractivity (Wildman–Crippen MR) is 78.0 cm³/mol. The van der Waals surface area contributed by atoms with Crippen molar-refractivity contribution in [2.75, 3.05) is 0 Å². The van der Waals surface area contributed by atoms with Crippen molar-refractivity contribution in [3.05, 3.63) is 29.3 Å². The number of hydrogen-bond donors (Lipinski definition) is 0. The number of aromatic nitrogens is 1. The Bertz CT molecular complexity index is 475. The SMILES string of the molecule is BrC1CCCCC1Cc1nc2ccccc2s1. The summed E-state index contributed by atoms with van der Waals surface area (Å²) in [5, 5.41) is 1.31. The van der Waals surface area contributed by atoms with Crippen molar-refractivity contribution in [2.24, 2.45) is 5.92 Å². The summed E-state index contributed by atoms with van der Waals surface area (Å²) < 4.78 is 1.32. The Morgan fingerprint density at radius 2 is 2.06 bits per heavy atom. The number of benzene rings is 1. The molecule has 0 radical (unpaired) electrons. The van der Waals surface area contributed by atoms with Crippen molar-refractivity contribution < 1.29 is 0 Å². The first-order chi connectivity index (χ1) is 8.33. The Kier molecular flexibility index (Phi) is 3.48. The first kappa shape index (κ1) is 11.7. The van der Waals surface area contributed by atoms with Crippen LogP contribution < -0.4 is 0 Å². The number of halogens is 1. The van der Waals surface area contributed by atoms with Crippen LogP contribution in [0.4, 0.5) is 0 Å². The highest BCUT2D eigenvalue weighted by Crippen LogP contribution is 2.34. The van der Waals surface area contributed by atoms with E-state index in [0.717, 1.165) is 17.9 Å². The molecule has 1 aliphatic carbocycles. The molecule has 3 rings (SSSR count). The van der Waals surface area contributed by atoms with E-state index in [-0.39, 0.29) is 0 Å². The molecule has 0 spiro atoms. The topological polar surface area (TPSA) is 12.9 Å². The number of para-hydroxylation sites is 1. The molecule has 17 heavy (non-hydrogen) atoms. The summed E-state index contributed by atoms with van der Waals surface area (Å²) >= 11 is 5.69. The molecule has 0 saturated heterocycles. The molecule has 1 fully saturated rings. The van der Waals surface area contributed by atoms with Gasteiger partial charge in [-0.15, -0.1) is 11.3 Å². The average molecular weight is 310 g/mol. The molecule has 3 heteroatoms. The third-order valence-corrected chi connectivity index (χ3v) is 5.86. The first-order valence-corrected chi connectivity index (χ1v) is 8.04. The van der Waals surface area contributed by atoms with Crippen LogP contribution in [0.1, 0.15) is 30.7 Å². The molecule has 2 aromatic rings. The molecule has 1 aromatic carbocycles. The molecular weight excluding hydrogens is 294 g/mol. The van der Waals surface area contributed by atoms with Gasteiger partial charge in [-0.25, -0.2) is 4.98 Å². The van der Waals surface area contributed by atoms with Crippen LogP contribution in [0.15, 0.2) is 24.3 Å². The summed E-state index contributed by atoms with van der Waals surface area (Å²) in [6.45, 7) is 0. The van der Waals surface area contributed by atoms with Crippen molar-refractivity contribution in [3.63, 3.8) is 0 Å². The number of thiazole rings is 1. The summed E-state index contributed by atoms with van der Waals surface area (Å²) in [6, 6.07) is 8.45. The van der Waals surface area contributed by atoms with Gasteiger partial charge in [-0.1, -0.05) is 40.9 Å². The van der Waals surface area contributed by atoms with E-state index in [1.54, 1.807) is 0 Å². The van der Waals surface area contributed by atoms with Gasteiger partial charge in [0.2, 0.25) is 0 Å². The Morgan fingerprint density at radius 1 is 1.24 bits per heavy atom. The Balaban J connectivity index is 1.79. The van der Waals surface area contributed by atoms with Crippen LogP contribution >= 0.6 is 27.3 Å². The predicted octanol–water partition coefficient (Wildman–Crippen LogP) is 4.79. The van der Waals surface area contributed by atoms with E-state index in [1.165, 1.54) is 35.4 Å². The van der Waals surface area contributed by atoms with Gasteiger partial charge < -0.3 is 0 Å². The number of fused-ring (bicyclic) bond motifs is 1. The van der Waals surface area contributed by atoms with Crippen LogP contribution in [-0.4, -0.2) is 9.81 Å². The third kappa shape index (κ3) is 2.55. The zero-order chi connectivity index (χ0) is 11.7. The normalized spacial score (nSPS) is 25.2. The highest BCUT2D eigenvalue weighted by atomic mass is 79.9. The first-order valence-electron chi connectivity index (χ1n) is 6.31. The van der Waals surface area contributed by atoms with E-state index in [0.29, 0.717) is 4.83 Å². The number of nitrogens with zero attached hydrogens (tertiary/aromatic N) is 1. The molecule has 90 valence electrons. The maximum absolute atomic E-state index is 4.74. The Hall–Kier alpha value is -0.410. The van der Waals surface area contributed by atoms with Gasteiger partial charge in [0.05, 0.1) is 15.2 Å². The van der Waals surface area contributed by atoms with E-state index in [1.807, 2.05) is 11.3 Å². The number of rotatable bonds is 2. The summed E-state index contributed by atoms with van der Waals surface area (Å²) in [5.41, 5.74) is 1.16. The lowest BCUT2D eigenvalue weighted by atomic mass is 9.87. The Morgan fingerprint density at radius 3 is 2.88 bits per heavy atom. The molecular formula is C14H16BrNS. The van der Waals surface area contributed by atoms with Crippen LogP contribution in [0.2, 0.25) is 0 Å². The molecule has 1 heterocycles. The van der Waals surface area contributed by atoms with Crippen LogP contribution in [0.3, 0.4) is 0 Å². The standard InChI is InChI=1S/C14H16BrNS/c15-11-6-2-1-5-10(11)9-14-16-12-7-3-4-8-13(12)17-14/h3-4,7-8,10-11H,1-2,5-6,9H2. The largest absolute Gasteiger partial charge is 0.241 e. The minimum absolute atomic E-state index is 0.697. The van der Waals surface area contributed by atoms with Gasteiger partial charge in [-0.2, -0.15) is 0 Å². The van der Waals surface area contributed by atoms with Gasteiger partial charge in [0.15, 0.2) is 0 Å².